The molecule has 2 aliphatic rings. The van der Waals surface area contributed by atoms with Crippen LogP contribution < -0.4 is 9.47 Å². The van der Waals surface area contributed by atoms with Crippen molar-refractivity contribution >= 4 is 6.08 Å². The van der Waals surface area contributed by atoms with Crippen LogP contribution in [0.4, 0.5) is 0 Å². The van der Waals surface area contributed by atoms with E-state index in [1.807, 2.05) is 12.1 Å². The van der Waals surface area contributed by atoms with E-state index in [0.717, 1.165) is 35.5 Å². The lowest BCUT2D eigenvalue weighted by Gasteiger charge is -2.24. The minimum absolute atomic E-state index is 0.415. The number of fused-ring (bicyclic) bond motifs is 1. The molecule has 0 saturated heterocycles. The van der Waals surface area contributed by atoms with Gasteiger partial charge in [-0.05, 0) is 24.5 Å². The molecular formula is C14H15NO4. The first-order valence-corrected chi connectivity index (χ1v) is 6.31. The standard InChI is InChI=1S/C14H15NO4/c1-17-8-10-11(14(4-5-14)15-9-16)2-3-12-13(10)19-7-6-18-12/h2-3H,4-8H2,1H3. The number of ether oxygens (including phenoxy) is 3. The molecule has 1 aliphatic carbocycles. The first-order chi connectivity index (χ1) is 9.30. The summed E-state index contributed by atoms with van der Waals surface area (Å²) in [6.07, 6.45) is 3.40. The molecule has 1 aromatic carbocycles. The minimum Gasteiger partial charge on any atom is -0.486 e. The van der Waals surface area contributed by atoms with E-state index in [4.69, 9.17) is 14.2 Å². The Kier molecular flexibility index (Phi) is 3.01. The number of methoxy groups -OCH3 is 1. The van der Waals surface area contributed by atoms with Crippen LogP contribution in [-0.4, -0.2) is 26.4 Å². The van der Waals surface area contributed by atoms with Gasteiger partial charge < -0.3 is 14.2 Å². The SMILES string of the molecule is COCc1c(C2(N=C=O)CC2)ccc2c1OCCO2. The van der Waals surface area contributed by atoms with Gasteiger partial charge in [0.25, 0.3) is 0 Å². The average Bonchev–Trinajstić information content (AvgIpc) is 3.20. The number of carbonyl (C=O) groups excluding carboxylic acids is 1. The molecule has 0 atom stereocenters. The van der Waals surface area contributed by atoms with Crippen molar-refractivity contribution < 1.29 is 19.0 Å². The Labute approximate surface area is 111 Å². The normalized spacial score (nSPS) is 18.6. The van der Waals surface area contributed by atoms with Crippen molar-refractivity contribution in [1.29, 1.82) is 0 Å². The third-order valence-electron chi connectivity index (χ3n) is 3.58. The summed E-state index contributed by atoms with van der Waals surface area (Å²) < 4.78 is 16.5. The molecule has 100 valence electrons. The smallest absolute Gasteiger partial charge is 0.235 e. The molecular weight excluding hydrogens is 246 g/mol. The summed E-state index contributed by atoms with van der Waals surface area (Å²) in [6.45, 7) is 1.49. The van der Waals surface area contributed by atoms with Crippen molar-refractivity contribution in [2.75, 3.05) is 20.3 Å². The molecule has 19 heavy (non-hydrogen) atoms. The first kappa shape index (κ1) is 12.2. The molecule has 0 unspecified atom stereocenters. The Morgan fingerprint density at radius 1 is 1.37 bits per heavy atom. The van der Waals surface area contributed by atoms with Crippen LogP contribution in [0.25, 0.3) is 0 Å². The maximum atomic E-state index is 10.6. The average molecular weight is 261 g/mol. The van der Waals surface area contributed by atoms with Gasteiger partial charge >= 0.3 is 0 Å². The zero-order chi connectivity index (χ0) is 13.3. The van der Waals surface area contributed by atoms with E-state index in [0.29, 0.717) is 19.8 Å². The maximum absolute atomic E-state index is 10.6. The van der Waals surface area contributed by atoms with Crippen LogP contribution in [0.3, 0.4) is 0 Å². The Morgan fingerprint density at radius 3 is 2.84 bits per heavy atom. The van der Waals surface area contributed by atoms with Crippen LogP contribution in [0.1, 0.15) is 24.0 Å². The van der Waals surface area contributed by atoms with Gasteiger partial charge in [-0.3, -0.25) is 0 Å². The first-order valence-electron chi connectivity index (χ1n) is 6.31. The third kappa shape index (κ3) is 2.01. The number of isocyanates is 1. The van der Waals surface area contributed by atoms with Crippen molar-refractivity contribution in [2.45, 2.75) is 25.0 Å². The molecule has 5 heteroatoms. The van der Waals surface area contributed by atoms with Gasteiger partial charge in [0.1, 0.15) is 13.2 Å². The summed E-state index contributed by atoms with van der Waals surface area (Å²) in [7, 11) is 1.63. The predicted molar refractivity (Wildman–Crippen MR) is 67.2 cm³/mol. The van der Waals surface area contributed by atoms with Gasteiger partial charge in [0.05, 0.1) is 12.1 Å². The van der Waals surface area contributed by atoms with Crippen LogP contribution >= 0.6 is 0 Å². The second kappa shape index (κ2) is 4.68. The van der Waals surface area contributed by atoms with Gasteiger partial charge in [-0.1, -0.05) is 6.07 Å². The Balaban J connectivity index is 2.11. The molecule has 5 nitrogen and oxygen atoms in total. The molecule has 0 amide bonds. The molecule has 3 rings (SSSR count). The quantitative estimate of drug-likeness (QED) is 0.614. The highest BCUT2D eigenvalue weighted by Gasteiger charge is 2.47. The van der Waals surface area contributed by atoms with Gasteiger partial charge in [0.2, 0.25) is 6.08 Å². The van der Waals surface area contributed by atoms with E-state index in [9.17, 15) is 4.79 Å². The van der Waals surface area contributed by atoms with Crippen LogP contribution in [0, 0.1) is 0 Å². The fraction of sp³-hybridized carbons (Fsp3) is 0.500. The van der Waals surface area contributed by atoms with Crippen LogP contribution in [-0.2, 0) is 21.7 Å². The molecule has 1 saturated carbocycles. The molecule has 0 N–H and O–H groups in total. The number of benzene rings is 1. The largest absolute Gasteiger partial charge is 0.486 e. The zero-order valence-electron chi connectivity index (χ0n) is 10.8. The second-order valence-corrected chi connectivity index (χ2v) is 4.78. The van der Waals surface area contributed by atoms with E-state index >= 15 is 0 Å². The lowest BCUT2D eigenvalue weighted by atomic mass is 9.97. The molecule has 1 aromatic rings. The fourth-order valence-electron chi connectivity index (χ4n) is 2.54. The summed E-state index contributed by atoms with van der Waals surface area (Å²) >= 11 is 0. The Bertz CT molecular complexity index is 545. The van der Waals surface area contributed by atoms with Crippen molar-refractivity contribution in [3.8, 4) is 11.5 Å². The van der Waals surface area contributed by atoms with Crippen LogP contribution in [0.5, 0.6) is 11.5 Å². The number of hydrogen-bond donors (Lipinski definition) is 0. The molecule has 0 aromatic heterocycles. The summed E-state index contributed by atoms with van der Waals surface area (Å²) in [5, 5.41) is 0. The van der Waals surface area contributed by atoms with E-state index in [2.05, 4.69) is 4.99 Å². The Morgan fingerprint density at radius 2 is 2.16 bits per heavy atom. The molecule has 0 radical (unpaired) electrons. The van der Waals surface area contributed by atoms with Gasteiger partial charge in [-0.15, -0.1) is 0 Å². The summed E-state index contributed by atoms with van der Waals surface area (Å²) in [5.74, 6) is 1.45. The van der Waals surface area contributed by atoms with Crippen LogP contribution in [0.2, 0.25) is 0 Å². The lowest BCUT2D eigenvalue weighted by Crippen LogP contribution is -2.19. The van der Waals surface area contributed by atoms with Crippen molar-refractivity contribution in [1.82, 2.24) is 0 Å². The van der Waals surface area contributed by atoms with Crippen LogP contribution in [0.15, 0.2) is 17.1 Å². The Hall–Kier alpha value is -1.84. The van der Waals surface area contributed by atoms with E-state index in [1.54, 1.807) is 13.2 Å². The molecule has 1 heterocycles. The van der Waals surface area contributed by atoms with Gasteiger partial charge in [-0.2, -0.15) is 4.99 Å². The number of hydrogen-bond acceptors (Lipinski definition) is 5. The lowest BCUT2D eigenvalue weighted by molar-refractivity contribution is 0.152. The van der Waals surface area contributed by atoms with Gasteiger partial charge in [0, 0.05) is 12.7 Å². The summed E-state index contributed by atoms with van der Waals surface area (Å²) in [5.41, 5.74) is 1.49. The maximum Gasteiger partial charge on any atom is 0.235 e. The topological polar surface area (TPSA) is 57.1 Å². The van der Waals surface area contributed by atoms with E-state index in [-0.39, 0.29) is 0 Å². The highest BCUT2D eigenvalue weighted by Crippen LogP contribution is 2.53. The molecule has 0 spiro atoms. The zero-order valence-corrected chi connectivity index (χ0v) is 10.8. The molecule has 1 aliphatic heterocycles. The highest BCUT2D eigenvalue weighted by molar-refractivity contribution is 5.55. The second-order valence-electron chi connectivity index (χ2n) is 4.78. The molecule has 1 fully saturated rings. The van der Waals surface area contributed by atoms with Crippen molar-refractivity contribution in [3.05, 3.63) is 23.3 Å². The fourth-order valence-corrected chi connectivity index (χ4v) is 2.54. The van der Waals surface area contributed by atoms with Gasteiger partial charge in [0.15, 0.2) is 11.5 Å². The van der Waals surface area contributed by atoms with Crippen molar-refractivity contribution in [3.63, 3.8) is 0 Å². The predicted octanol–water partition coefficient (Wildman–Crippen LogP) is 1.93. The monoisotopic (exact) mass is 261 g/mol. The third-order valence-corrected chi connectivity index (χ3v) is 3.58. The van der Waals surface area contributed by atoms with E-state index in [1.165, 1.54) is 0 Å². The highest BCUT2D eigenvalue weighted by atomic mass is 16.6. The number of nitrogens with zero attached hydrogens (tertiary/aromatic N) is 1. The van der Waals surface area contributed by atoms with E-state index < -0.39 is 5.54 Å². The minimum atomic E-state index is -0.425. The number of rotatable bonds is 4. The van der Waals surface area contributed by atoms with Crippen molar-refractivity contribution in [2.24, 2.45) is 4.99 Å². The van der Waals surface area contributed by atoms with Gasteiger partial charge in [-0.25, -0.2) is 4.79 Å². The summed E-state index contributed by atoms with van der Waals surface area (Å²) in [4.78, 5) is 14.6. The number of aliphatic imine (C=N–C) groups is 1. The molecule has 0 bridgehead atoms. The summed E-state index contributed by atoms with van der Waals surface area (Å²) in [6, 6.07) is 3.83.